The van der Waals surface area contributed by atoms with Crippen molar-refractivity contribution in [1.82, 2.24) is 4.90 Å². The molecule has 1 nitrogen and oxygen atoms in total. The van der Waals surface area contributed by atoms with Gasteiger partial charge in [-0.05, 0) is 44.1 Å². The van der Waals surface area contributed by atoms with E-state index in [-0.39, 0.29) is 0 Å². The molecule has 0 bridgehead atoms. The number of alkyl halides is 1. The first kappa shape index (κ1) is 9.01. The summed E-state index contributed by atoms with van der Waals surface area (Å²) in [5, 5.41) is 1.20. The van der Waals surface area contributed by atoms with Crippen molar-refractivity contribution in [2.24, 2.45) is 11.8 Å². The lowest BCUT2D eigenvalue weighted by Crippen LogP contribution is -2.37. The van der Waals surface area contributed by atoms with Crippen LogP contribution in [0, 0.1) is 11.8 Å². The van der Waals surface area contributed by atoms with Gasteiger partial charge < -0.3 is 4.90 Å². The minimum Gasteiger partial charge on any atom is -0.303 e. The lowest BCUT2D eigenvalue weighted by atomic mass is 10.00. The van der Waals surface area contributed by atoms with E-state index >= 15 is 0 Å². The van der Waals surface area contributed by atoms with Crippen LogP contribution >= 0.6 is 15.9 Å². The number of halogens is 1. The Bertz CT molecular complexity index is 145. The Hall–Kier alpha value is 0.440. The van der Waals surface area contributed by atoms with Gasteiger partial charge >= 0.3 is 0 Å². The van der Waals surface area contributed by atoms with Gasteiger partial charge in [0.2, 0.25) is 0 Å². The number of rotatable bonds is 3. The molecule has 70 valence electrons. The predicted molar refractivity (Wildman–Crippen MR) is 55.7 cm³/mol. The monoisotopic (exact) mass is 231 g/mol. The Morgan fingerprint density at radius 3 is 2.67 bits per heavy atom. The second-order valence-electron chi connectivity index (χ2n) is 4.37. The molecule has 2 rings (SSSR count). The van der Waals surface area contributed by atoms with E-state index in [2.05, 4.69) is 20.8 Å². The maximum Gasteiger partial charge on any atom is 0.00718 e. The Kier molecular flexibility index (Phi) is 3.08. The summed E-state index contributed by atoms with van der Waals surface area (Å²) in [7, 11) is 0. The number of nitrogens with zero attached hydrogens (tertiary/aromatic N) is 1. The third kappa shape index (κ3) is 2.46. The summed E-state index contributed by atoms with van der Waals surface area (Å²) >= 11 is 3.59. The Morgan fingerprint density at radius 2 is 2.00 bits per heavy atom. The molecule has 2 heteroatoms. The average Bonchev–Trinajstić information content (AvgIpc) is 2.89. The summed E-state index contributed by atoms with van der Waals surface area (Å²) in [6.45, 7) is 4.10. The standard InChI is InChI=1S/C10H18BrN/c11-6-10-2-1-5-12(8-10)7-9-3-4-9/h9-10H,1-8H2. The van der Waals surface area contributed by atoms with E-state index in [0.717, 1.165) is 11.8 Å². The van der Waals surface area contributed by atoms with Gasteiger partial charge in [-0.3, -0.25) is 0 Å². The SMILES string of the molecule is BrCC1CCCN(CC2CC2)C1. The lowest BCUT2D eigenvalue weighted by molar-refractivity contribution is 0.180. The third-order valence-corrected chi connectivity index (χ3v) is 3.95. The maximum atomic E-state index is 3.59. The molecule has 1 unspecified atom stereocenters. The molecular formula is C10H18BrN. The first-order valence-corrected chi connectivity index (χ1v) is 6.29. The van der Waals surface area contributed by atoms with Crippen molar-refractivity contribution >= 4 is 15.9 Å². The Balaban J connectivity index is 1.73. The molecule has 0 radical (unpaired) electrons. The van der Waals surface area contributed by atoms with Crippen molar-refractivity contribution < 1.29 is 0 Å². The molecule has 1 aliphatic heterocycles. The smallest absolute Gasteiger partial charge is 0.00718 e. The minimum absolute atomic E-state index is 0.928. The van der Waals surface area contributed by atoms with Gasteiger partial charge in [0.05, 0.1) is 0 Å². The zero-order valence-electron chi connectivity index (χ0n) is 7.64. The van der Waals surface area contributed by atoms with Crippen LogP contribution in [0.15, 0.2) is 0 Å². The lowest BCUT2D eigenvalue weighted by Gasteiger charge is -2.31. The summed E-state index contributed by atoms with van der Waals surface area (Å²) in [5.41, 5.74) is 0. The largest absolute Gasteiger partial charge is 0.303 e. The molecular weight excluding hydrogens is 214 g/mol. The third-order valence-electron chi connectivity index (χ3n) is 3.03. The van der Waals surface area contributed by atoms with Crippen LogP contribution in [0.2, 0.25) is 0 Å². The Morgan fingerprint density at radius 1 is 1.17 bits per heavy atom. The number of hydrogen-bond donors (Lipinski definition) is 0. The first-order chi connectivity index (χ1) is 5.88. The highest BCUT2D eigenvalue weighted by Gasteiger charge is 2.26. The van der Waals surface area contributed by atoms with Crippen LogP contribution in [-0.2, 0) is 0 Å². The van der Waals surface area contributed by atoms with Crippen molar-refractivity contribution in [2.45, 2.75) is 25.7 Å². The summed E-state index contributed by atoms with van der Waals surface area (Å²) in [6.07, 6.45) is 5.85. The molecule has 0 aromatic rings. The topological polar surface area (TPSA) is 3.24 Å². The van der Waals surface area contributed by atoms with Gasteiger partial charge in [0.15, 0.2) is 0 Å². The first-order valence-electron chi connectivity index (χ1n) is 5.17. The maximum absolute atomic E-state index is 3.59. The van der Waals surface area contributed by atoms with E-state index in [9.17, 15) is 0 Å². The van der Waals surface area contributed by atoms with Crippen LogP contribution in [0.25, 0.3) is 0 Å². The quantitative estimate of drug-likeness (QED) is 0.676. The molecule has 12 heavy (non-hydrogen) atoms. The molecule has 0 N–H and O–H groups in total. The predicted octanol–water partition coefficient (Wildman–Crippen LogP) is 2.50. The van der Waals surface area contributed by atoms with Crippen LogP contribution in [0.3, 0.4) is 0 Å². The van der Waals surface area contributed by atoms with Gasteiger partial charge in [-0.15, -0.1) is 0 Å². The second kappa shape index (κ2) is 4.10. The zero-order chi connectivity index (χ0) is 8.39. The highest BCUT2D eigenvalue weighted by molar-refractivity contribution is 9.09. The normalized spacial score (nSPS) is 32.2. The van der Waals surface area contributed by atoms with Gasteiger partial charge in [0.25, 0.3) is 0 Å². The fourth-order valence-electron chi connectivity index (χ4n) is 2.11. The van der Waals surface area contributed by atoms with Crippen molar-refractivity contribution in [2.75, 3.05) is 25.0 Å². The molecule has 1 saturated carbocycles. The molecule has 1 saturated heterocycles. The fraction of sp³-hybridized carbons (Fsp3) is 1.00. The highest BCUT2D eigenvalue weighted by atomic mass is 79.9. The molecule has 1 heterocycles. The van der Waals surface area contributed by atoms with Crippen LogP contribution < -0.4 is 0 Å². The Labute approximate surface area is 83.6 Å². The molecule has 1 aliphatic carbocycles. The number of hydrogen-bond acceptors (Lipinski definition) is 1. The summed E-state index contributed by atoms with van der Waals surface area (Å²) < 4.78 is 0. The van der Waals surface area contributed by atoms with E-state index in [1.807, 2.05) is 0 Å². The summed E-state index contributed by atoms with van der Waals surface area (Å²) in [6, 6.07) is 0. The summed E-state index contributed by atoms with van der Waals surface area (Å²) in [5.74, 6) is 2.00. The van der Waals surface area contributed by atoms with E-state index in [0.29, 0.717) is 0 Å². The number of likely N-dealkylation sites (tertiary alicyclic amines) is 1. The molecule has 1 atom stereocenters. The van der Waals surface area contributed by atoms with Gasteiger partial charge in [-0.1, -0.05) is 15.9 Å². The van der Waals surface area contributed by atoms with E-state index in [1.54, 1.807) is 0 Å². The average molecular weight is 232 g/mol. The van der Waals surface area contributed by atoms with E-state index in [1.165, 1.54) is 50.6 Å². The minimum atomic E-state index is 0.928. The molecule has 0 aromatic heterocycles. The molecule has 2 aliphatic rings. The molecule has 0 spiro atoms. The molecule has 2 fully saturated rings. The molecule has 0 aromatic carbocycles. The summed E-state index contributed by atoms with van der Waals surface area (Å²) in [4.78, 5) is 2.67. The fourth-order valence-corrected chi connectivity index (χ4v) is 2.64. The van der Waals surface area contributed by atoms with Crippen LogP contribution in [0.5, 0.6) is 0 Å². The van der Waals surface area contributed by atoms with Crippen LogP contribution in [0.4, 0.5) is 0 Å². The van der Waals surface area contributed by atoms with Crippen LogP contribution in [-0.4, -0.2) is 29.9 Å². The van der Waals surface area contributed by atoms with Gasteiger partial charge in [-0.25, -0.2) is 0 Å². The molecule has 0 amide bonds. The highest BCUT2D eigenvalue weighted by Crippen LogP contribution is 2.31. The van der Waals surface area contributed by atoms with Crippen molar-refractivity contribution in [3.63, 3.8) is 0 Å². The van der Waals surface area contributed by atoms with Crippen molar-refractivity contribution in [3.05, 3.63) is 0 Å². The van der Waals surface area contributed by atoms with Gasteiger partial charge in [0.1, 0.15) is 0 Å². The van der Waals surface area contributed by atoms with Crippen molar-refractivity contribution in [3.8, 4) is 0 Å². The second-order valence-corrected chi connectivity index (χ2v) is 5.01. The van der Waals surface area contributed by atoms with Crippen molar-refractivity contribution in [1.29, 1.82) is 0 Å². The van der Waals surface area contributed by atoms with Gasteiger partial charge in [-0.2, -0.15) is 0 Å². The zero-order valence-corrected chi connectivity index (χ0v) is 9.22. The van der Waals surface area contributed by atoms with E-state index in [4.69, 9.17) is 0 Å². The van der Waals surface area contributed by atoms with Gasteiger partial charge in [0, 0.05) is 18.4 Å². The van der Waals surface area contributed by atoms with Crippen LogP contribution in [0.1, 0.15) is 25.7 Å². The van der Waals surface area contributed by atoms with E-state index < -0.39 is 0 Å². The number of piperidine rings is 1.